The highest BCUT2D eigenvalue weighted by Crippen LogP contribution is 2.55. The molecule has 5 aliphatic rings. The summed E-state index contributed by atoms with van der Waals surface area (Å²) >= 11 is 1.46. The summed E-state index contributed by atoms with van der Waals surface area (Å²) in [7, 11) is 0. The largest absolute Gasteiger partial charge is 0.452 e. The van der Waals surface area contributed by atoms with Crippen molar-refractivity contribution in [1.82, 2.24) is 5.32 Å². The van der Waals surface area contributed by atoms with Crippen LogP contribution in [-0.4, -0.2) is 35.2 Å². The van der Waals surface area contributed by atoms with Crippen LogP contribution in [0.15, 0.2) is 23.1 Å². The third kappa shape index (κ3) is 3.65. The van der Waals surface area contributed by atoms with E-state index in [-0.39, 0.29) is 29.2 Å². The Balaban J connectivity index is 1.19. The van der Waals surface area contributed by atoms with Crippen LogP contribution in [0.5, 0.6) is 0 Å². The SMILES string of the molecule is CC1Sc2ccc(C(=O)OCC(=O)NC34CC5CC(CC(C5)C3)C4)cc2NC1=O. The minimum atomic E-state index is -0.550. The molecule has 0 aromatic heterocycles. The van der Waals surface area contributed by atoms with Gasteiger partial charge in [0.1, 0.15) is 0 Å². The van der Waals surface area contributed by atoms with E-state index >= 15 is 0 Å². The Hall–Kier alpha value is -2.02. The van der Waals surface area contributed by atoms with E-state index in [1.807, 2.05) is 13.0 Å². The van der Waals surface area contributed by atoms with Crippen molar-refractivity contribution in [1.29, 1.82) is 0 Å². The molecule has 2 amide bonds. The van der Waals surface area contributed by atoms with Crippen molar-refractivity contribution in [2.45, 2.75) is 61.1 Å². The van der Waals surface area contributed by atoms with E-state index in [4.69, 9.17) is 4.74 Å². The van der Waals surface area contributed by atoms with Crippen molar-refractivity contribution in [3.63, 3.8) is 0 Å². The smallest absolute Gasteiger partial charge is 0.338 e. The summed E-state index contributed by atoms with van der Waals surface area (Å²) in [6.45, 7) is 1.57. The van der Waals surface area contributed by atoms with Gasteiger partial charge in [0.25, 0.3) is 5.91 Å². The van der Waals surface area contributed by atoms with Crippen LogP contribution in [-0.2, 0) is 14.3 Å². The van der Waals surface area contributed by atoms with E-state index in [0.717, 1.165) is 41.9 Å². The summed E-state index contributed by atoms with van der Waals surface area (Å²) in [6.07, 6.45) is 7.15. The molecular formula is C22H26N2O4S. The van der Waals surface area contributed by atoms with Crippen molar-refractivity contribution in [3.05, 3.63) is 23.8 Å². The van der Waals surface area contributed by atoms with E-state index in [1.54, 1.807) is 12.1 Å². The summed E-state index contributed by atoms with van der Waals surface area (Å²) < 4.78 is 5.27. The molecule has 1 aromatic carbocycles. The highest BCUT2D eigenvalue weighted by Gasteiger charge is 2.51. The lowest BCUT2D eigenvalue weighted by Gasteiger charge is -2.56. The quantitative estimate of drug-likeness (QED) is 0.738. The van der Waals surface area contributed by atoms with Gasteiger partial charge in [0, 0.05) is 10.4 Å². The minimum Gasteiger partial charge on any atom is -0.452 e. The molecule has 4 aliphatic carbocycles. The van der Waals surface area contributed by atoms with Crippen LogP contribution in [0.4, 0.5) is 5.69 Å². The van der Waals surface area contributed by atoms with Gasteiger partial charge in [0.15, 0.2) is 6.61 Å². The number of hydrogen-bond donors (Lipinski definition) is 2. The van der Waals surface area contributed by atoms with Crippen molar-refractivity contribution in [2.24, 2.45) is 17.8 Å². The van der Waals surface area contributed by atoms with Gasteiger partial charge in [-0.1, -0.05) is 0 Å². The molecule has 7 heteroatoms. The topological polar surface area (TPSA) is 84.5 Å². The standard InChI is InChI=1S/C22H26N2O4S/c1-12-20(26)23-17-7-16(2-3-18(17)29-12)21(27)28-11-19(25)24-22-8-13-4-14(9-22)6-15(5-13)10-22/h2-3,7,12-15H,4-6,8-11H2,1H3,(H,23,26)(H,24,25). The average molecular weight is 415 g/mol. The minimum absolute atomic E-state index is 0.0806. The van der Waals surface area contributed by atoms with E-state index in [9.17, 15) is 14.4 Å². The zero-order valence-electron chi connectivity index (χ0n) is 16.5. The molecule has 4 bridgehead atoms. The highest BCUT2D eigenvalue weighted by molar-refractivity contribution is 8.00. The van der Waals surface area contributed by atoms with Crippen LogP contribution in [0.25, 0.3) is 0 Å². The fraction of sp³-hybridized carbons (Fsp3) is 0.591. The molecule has 4 fully saturated rings. The second-order valence-corrected chi connectivity index (χ2v) is 10.7. The van der Waals surface area contributed by atoms with Gasteiger partial charge in [-0.15, -0.1) is 11.8 Å². The zero-order chi connectivity index (χ0) is 20.2. The van der Waals surface area contributed by atoms with Gasteiger partial charge in [-0.25, -0.2) is 4.79 Å². The Morgan fingerprint density at radius 3 is 2.48 bits per heavy atom. The van der Waals surface area contributed by atoms with Crippen LogP contribution in [0, 0.1) is 17.8 Å². The molecular weight excluding hydrogens is 388 g/mol. The number of carbonyl (C=O) groups is 3. The maximum Gasteiger partial charge on any atom is 0.338 e. The third-order valence-corrected chi connectivity index (χ3v) is 8.10. The first-order chi connectivity index (χ1) is 13.9. The molecule has 1 aromatic rings. The number of ether oxygens (including phenoxy) is 1. The number of fused-ring (bicyclic) bond motifs is 1. The number of thioether (sulfide) groups is 1. The van der Waals surface area contributed by atoms with Gasteiger partial charge >= 0.3 is 5.97 Å². The summed E-state index contributed by atoms with van der Waals surface area (Å²) in [5, 5.41) is 5.87. The van der Waals surface area contributed by atoms with Gasteiger partial charge in [-0.05, 0) is 81.4 Å². The normalized spacial score (nSPS) is 34.3. The monoisotopic (exact) mass is 414 g/mol. The number of esters is 1. The van der Waals surface area contributed by atoms with Crippen LogP contribution in [0.3, 0.4) is 0 Å². The Morgan fingerprint density at radius 2 is 1.83 bits per heavy atom. The number of nitrogens with one attached hydrogen (secondary N) is 2. The van der Waals surface area contributed by atoms with Crippen LogP contribution in [0.2, 0.25) is 0 Å². The molecule has 2 N–H and O–H groups in total. The lowest BCUT2D eigenvalue weighted by molar-refractivity contribution is -0.130. The number of amides is 2. The average Bonchev–Trinajstić information content (AvgIpc) is 2.65. The first-order valence-corrected chi connectivity index (χ1v) is 11.4. The number of carbonyl (C=O) groups excluding carboxylic acids is 3. The maximum atomic E-state index is 12.5. The Bertz CT molecular complexity index is 848. The van der Waals surface area contributed by atoms with Gasteiger partial charge < -0.3 is 15.4 Å². The maximum absolute atomic E-state index is 12.5. The molecule has 6 nitrogen and oxygen atoms in total. The summed E-state index contributed by atoms with van der Waals surface area (Å²) in [6, 6.07) is 5.10. The van der Waals surface area contributed by atoms with E-state index in [1.165, 1.54) is 31.0 Å². The Kier molecular flexibility index (Phi) is 4.61. The van der Waals surface area contributed by atoms with Gasteiger partial charge in [0.2, 0.25) is 5.91 Å². The third-order valence-electron chi connectivity index (χ3n) is 6.92. The lowest BCUT2D eigenvalue weighted by Crippen LogP contribution is -2.60. The van der Waals surface area contributed by atoms with Gasteiger partial charge in [0.05, 0.1) is 16.5 Å². The first-order valence-electron chi connectivity index (χ1n) is 10.5. The van der Waals surface area contributed by atoms with Crippen molar-refractivity contribution in [2.75, 3.05) is 11.9 Å². The summed E-state index contributed by atoms with van der Waals surface area (Å²) in [5.41, 5.74) is 0.870. The van der Waals surface area contributed by atoms with Crippen molar-refractivity contribution < 1.29 is 19.1 Å². The lowest BCUT2D eigenvalue weighted by atomic mass is 9.53. The molecule has 0 spiro atoms. The molecule has 29 heavy (non-hydrogen) atoms. The van der Waals surface area contributed by atoms with Crippen molar-refractivity contribution in [3.8, 4) is 0 Å². The molecule has 1 aliphatic heterocycles. The number of benzene rings is 1. The number of anilines is 1. The van der Waals surface area contributed by atoms with Crippen molar-refractivity contribution >= 4 is 35.2 Å². The van der Waals surface area contributed by atoms with Gasteiger partial charge in [-0.2, -0.15) is 0 Å². The second-order valence-electron chi connectivity index (χ2n) is 9.28. The van der Waals surface area contributed by atoms with Crippen LogP contribution in [0.1, 0.15) is 55.8 Å². The number of rotatable bonds is 4. The fourth-order valence-electron chi connectivity index (χ4n) is 6.15. The van der Waals surface area contributed by atoms with E-state index < -0.39 is 5.97 Å². The molecule has 1 atom stereocenters. The molecule has 1 heterocycles. The number of hydrogen-bond acceptors (Lipinski definition) is 5. The van der Waals surface area contributed by atoms with Crippen LogP contribution >= 0.6 is 11.8 Å². The predicted octanol–water partition coefficient (Wildman–Crippen LogP) is 3.36. The Labute approximate surface area is 174 Å². The second kappa shape index (κ2) is 7.04. The van der Waals surface area contributed by atoms with Gasteiger partial charge in [-0.3, -0.25) is 9.59 Å². The molecule has 4 saturated carbocycles. The molecule has 0 saturated heterocycles. The molecule has 154 valence electrons. The van der Waals surface area contributed by atoms with E-state index in [0.29, 0.717) is 11.3 Å². The fourth-order valence-corrected chi connectivity index (χ4v) is 7.08. The predicted molar refractivity (Wildman–Crippen MR) is 110 cm³/mol. The molecule has 0 radical (unpaired) electrons. The Morgan fingerprint density at radius 1 is 1.17 bits per heavy atom. The molecule has 1 unspecified atom stereocenters. The summed E-state index contributed by atoms with van der Waals surface area (Å²) in [5.74, 6) is 1.39. The zero-order valence-corrected chi connectivity index (χ0v) is 17.3. The van der Waals surface area contributed by atoms with Crippen LogP contribution < -0.4 is 10.6 Å². The summed E-state index contributed by atoms with van der Waals surface area (Å²) in [4.78, 5) is 37.7. The molecule has 6 rings (SSSR count). The first kappa shape index (κ1) is 19.0. The highest BCUT2D eigenvalue weighted by atomic mass is 32.2. The van der Waals surface area contributed by atoms with E-state index in [2.05, 4.69) is 10.6 Å².